The van der Waals surface area contributed by atoms with Crippen LogP contribution in [0.4, 0.5) is 4.39 Å². The molecular weight excluding hydrogens is 515 g/mol. The summed E-state index contributed by atoms with van der Waals surface area (Å²) in [6, 6.07) is 1.73. The highest BCUT2D eigenvalue weighted by Crippen LogP contribution is 2.34. The summed E-state index contributed by atoms with van der Waals surface area (Å²) in [5.41, 5.74) is 0.462. The van der Waals surface area contributed by atoms with Gasteiger partial charge in [0.15, 0.2) is 11.6 Å². The van der Waals surface area contributed by atoms with Crippen molar-refractivity contribution in [1.29, 1.82) is 0 Å². The topological polar surface area (TPSA) is 120 Å². The van der Waals surface area contributed by atoms with E-state index in [0.29, 0.717) is 24.6 Å². The molecule has 0 unspecified atom stereocenters. The number of ether oxygens (including phenoxy) is 1. The van der Waals surface area contributed by atoms with E-state index in [9.17, 15) is 23.9 Å². The van der Waals surface area contributed by atoms with E-state index >= 15 is 0 Å². The van der Waals surface area contributed by atoms with Gasteiger partial charge >= 0.3 is 0 Å². The van der Waals surface area contributed by atoms with Gasteiger partial charge in [-0.3, -0.25) is 14.4 Å². The smallest absolute Gasteiger partial charge is 0.243 e. The molecule has 9 nitrogen and oxygen atoms in total. The maximum absolute atomic E-state index is 14.0. The van der Waals surface area contributed by atoms with Gasteiger partial charge < -0.3 is 30.7 Å². The molecule has 2 saturated carbocycles. The van der Waals surface area contributed by atoms with E-state index < -0.39 is 35.6 Å². The minimum atomic E-state index is -0.967. The predicted octanol–water partition coefficient (Wildman–Crippen LogP) is 2.65. The molecule has 1 saturated heterocycles. The first-order valence-electron chi connectivity index (χ1n) is 14.8. The van der Waals surface area contributed by atoms with Crippen molar-refractivity contribution in [2.75, 3.05) is 20.1 Å². The molecule has 4 N–H and O–H groups in total. The Labute approximate surface area is 236 Å². The first kappa shape index (κ1) is 30.2. The zero-order valence-electron chi connectivity index (χ0n) is 24.0. The van der Waals surface area contributed by atoms with Gasteiger partial charge in [0.1, 0.15) is 12.1 Å². The van der Waals surface area contributed by atoms with Crippen molar-refractivity contribution in [3.63, 3.8) is 0 Å². The Morgan fingerprint density at radius 1 is 1.00 bits per heavy atom. The Kier molecular flexibility index (Phi) is 10.4. The zero-order valence-corrected chi connectivity index (χ0v) is 24.0. The third-order valence-corrected chi connectivity index (χ3v) is 8.67. The van der Waals surface area contributed by atoms with Gasteiger partial charge in [-0.15, -0.1) is 0 Å². The minimum absolute atomic E-state index is 0.0435. The molecule has 40 heavy (non-hydrogen) atoms. The average molecular weight is 561 g/mol. The fraction of sp³-hybridized carbons (Fsp3) is 0.700. The van der Waals surface area contributed by atoms with Gasteiger partial charge in [0.2, 0.25) is 17.7 Å². The molecule has 1 aromatic rings. The molecule has 3 amide bonds. The number of halogens is 1. The first-order chi connectivity index (χ1) is 19.1. The predicted molar refractivity (Wildman–Crippen MR) is 149 cm³/mol. The Morgan fingerprint density at radius 3 is 2.45 bits per heavy atom. The molecular formula is C30H45FN4O5. The van der Waals surface area contributed by atoms with E-state index in [2.05, 4.69) is 16.0 Å². The van der Waals surface area contributed by atoms with Gasteiger partial charge in [0, 0.05) is 26.6 Å². The van der Waals surface area contributed by atoms with Gasteiger partial charge in [0.25, 0.3) is 0 Å². The molecule has 3 aliphatic rings. The Bertz CT molecular complexity index is 1050. The number of amides is 3. The number of rotatable bonds is 3. The molecule has 2 aliphatic carbocycles. The van der Waals surface area contributed by atoms with Crippen molar-refractivity contribution < 1.29 is 28.6 Å². The SMILES string of the molecule is C[C@@H]1CN[C@@H](C2CC2)C(=O)N(C)[C@H](C)C(=O)N[C@H](Cc2ccc(O)c(F)c2)C(=O)NCCC[C@@H]2CCCC[C@@H]2O1. The number of aromatic hydroxyl groups is 1. The van der Waals surface area contributed by atoms with Gasteiger partial charge in [-0.05, 0) is 81.9 Å². The largest absolute Gasteiger partial charge is 0.505 e. The number of nitrogens with zero attached hydrogens (tertiary/aromatic N) is 1. The second-order valence-electron chi connectivity index (χ2n) is 11.9. The summed E-state index contributed by atoms with van der Waals surface area (Å²) in [6.07, 6.45) is 8.22. The molecule has 6 atom stereocenters. The molecule has 1 heterocycles. The van der Waals surface area contributed by atoms with E-state index in [4.69, 9.17) is 4.74 Å². The minimum Gasteiger partial charge on any atom is -0.505 e. The number of phenols is 1. The second-order valence-corrected chi connectivity index (χ2v) is 11.9. The maximum Gasteiger partial charge on any atom is 0.243 e. The summed E-state index contributed by atoms with van der Waals surface area (Å²) in [5.74, 6) is -1.62. The lowest BCUT2D eigenvalue weighted by Gasteiger charge is -2.35. The number of fused-ring (bicyclic) bond motifs is 1. The molecule has 0 aromatic heterocycles. The molecule has 1 aliphatic heterocycles. The van der Waals surface area contributed by atoms with Crippen molar-refractivity contribution in [2.45, 2.75) is 102 Å². The molecule has 0 radical (unpaired) electrons. The summed E-state index contributed by atoms with van der Waals surface area (Å²) >= 11 is 0. The van der Waals surface area contributed by atoms with Crippen LogP contribution in [0.3, 0.4) is 0 Å². The molecule has 222 valence electrons. The fourth-order valence-electron chi connectivity index (χ4n) is 5.91. The Morgan fingerprint density at radius 2 is 1.73 bits per heavy atom. The fourth-order valence-corrected chi connectivity index (χ4v) is 5.91. The normalized spacial score (nSPS) is 31.9. The van der Waals surface area contributed by atoms with Crippen LogP contribution in [0.5, 0.6) is 5.75 Å². The number of carbonyl (C=O) groups is 3. The third kappa shape index (κ3) is 7.94. The highest BCUT2D eigenvalue weighted by Gasteiger charge is 2.40. The van der Waals surface area contributed by atoms with Crippen LogP contribution in [0.15, 0.2) is 18.2 Å². The van der Waals surface area contributed by atoms with Gasteiger partial charge in [0.05, 0.1) is 18.2 Å². The van der Waals surface area contributed by atoms with Gasteiger partial charge in [-0.1, -0.05) is 18.9 Å². The maximum atomic E-state index is 14.0. The third-order valence-electron chi connectivity index (χ3n) is 8.67. The lowest BCUT2D eigenvalue weighted by atomic mass is 9.83. The summed E-state index contributed by atoms with van der Waals surface area (Å²) < 4.78 is 20.5. The summed E-state index contributed by atoms with van der Waals surface area (Å²) in [7, 11) is 1.61. The lowest BCUT2D eigenvalue weighted by molar-refractivity contribution is -0.141. The second kappa shape index (κ2) is 13.8. The molecule has 1 aromatic carbocycles. The number of likely N-dealkylation sites (N-methyl/N-ethyl adjacent to an activating group) is 1. The van der Waals surface area contributed by atoms with Crippen molar-refractivity contribution in [2.24, 2.45) is 11.8 Å². The molecule has 0 bridgehead atoms. The summed E-state index contributed by atoms with van der Waals surface area (Å²) in [5, 5.41) is 18.7. The monoisotopic (exact) mass is 560 g/mol. The van der Waals surface area contributed by atoms with Crippen LogP contribution in [0, 0.1) is 17.7 Å². The highest BCUT2D eigenvalue weighted by molar-refractivity contribution is 5.93. The first-order valence-corrected chi connectivity index (χ1v) is 14.8. The molecule has 10 heteroatoms. The van der Waals surface area contributed by atoms with E-state index in [1.807, 2.05) is 6.92 Å². The quantitative estimate of drug-likeness (QED) is 0.451. The van der Waals surface area contributed by atoms with E-state index in [1.54, 1.807) is 14.0 Å². The molecule has 4 rings (SSSR count). The average Bonchev–Trinajstić information content (AvgIpc) is 3.77. The molecule has 0 spiro atoms. The Hall–Kier alpha value is -2.72. The van der Waals surface area contributed by atoms with Gasteiger partial charge in [-0.25, -0.2) is 4.39 Å². The summed E-state index contributed by atoms with van der Waals surface area (Å²) in [6.45, 7) is 4.70. The van der Waals surface area contributed by atoms with Crippen molar-refractivity contribution >= 4 is 17.7 Å². The zero-order chi connectivity index (χ0) is 28.8. The van der Waals surface area contributed by atoms with Gasteiger partial charge in [-0.2, -0.15) is 0 Å². The van der Waals surface area contributed by atoms with Crippen LogP contribution in [-0.2, 0) is 25.5 Å². The van der Waals surface area contributed by atoms with Crippen LogP contribution in [0.25, 0.3) is 0 Å². The Balaban J connectivity index is 1.53. The number of hydrogen-bond acceptors (Lipinski definition) is 6. The van der Waals surface area contributed by atoms with Crippen LogP contribution in [0.2, 0.25) is 0 Å². The standard InChI is InChI=1S/C30H45FN4O5/c1-18-17-33-27(22-11-12-22)30(39)35(3)19(2)28(37)34-24(16-20-10-13-25(36)23(31)15-20)29(38)32-14-6-8-21-7-4-5-9-26(21)40-18/h10,13,15,18-19,21-22,24,26-27,33,36H,4-9,11-12,14,16-17H2,1-3H3,(H,32,38)(H,34,37)/t18-,19-,21+,24-,26+,27+/m1/s1. The van der Waals surface area contributed by atoms with Crippen LogP contribution in [0.1, 0.15) is 70.8 Å². The van der Waals surface area contributed by atoms with Crippen molar-refractivity contribution in [3.8, 4) is 5.75 Å². The van der Waals surface area contributed by atoms with Crippen molar-refractivity contribution in [1.82, 2.24) is 20.9 Å². The van der Waals surface area contributed by atoms with E-state index in [1.165, 1.54) is 23.5 Å². The number of nitrogens with one attached hydrogen (secondary N) is 3. The van der Waals surface area contributed by atoms with Crippen LogP contribution >= 0.6 is 0 Å². The number of benzene rings is 1. The number of carbonyl (C=O) groups excluding carboxylic acids is 3. The van der Waals surface area contributed by atoms with E-state index in [0.717, 1.165) is 51.0 Å². The lowest BCUT2D eigenvalue weighted by Crippen LogP contribution is -2.57. The highest BCUT2D eigenvalue weighted by atomic mass is 19.1. The summed E-state index contributed by atoms with van der Waals surface area (Å²) in [4.78, 5) is 41.5. The van der Waals surface area contributed by atoms with Crippen molar-refractivity contribution in [3.05, 3.63) is 29.6 Å². The van der Waals surface area contributed by atoms with Crippen LogP contribution in [-0.4, -0.2) is 78.2 Å². The number of hydrogen-bond donors (Lipinski definition) is 4. The van der Waals surface area contributed by atoms with E-state index in [-0.39, 0.29) is 36.4 Å². The van der Waals surface area contributed by atoms with Crippen LogP contribution < -0.4 is 16.0 Å². The molecule has 3 fully saturated rings. The number of phenolic OH excluding ortho intramolecular Hbond substituents is 1.